The third-order valence-corrected chi connectivity index (χ3v) is 4.63. The van der Waals surface area contributed by atoms with Crippen molar-refractivity contribution in [2.75, 3.05) is 11.9 Å². The molecule has 0 spiro atoms. The van der Waals surface area contributed by atoms with Gasteiger partial charge in [0.05, 0.1) is 11.7 Å². The van der Waals surface area contributed by atoms with E-state index in [-0.39, 0.29) is 17.9 Å². The molecule has 0 aromatic heterocycles. The van der Waals surface area contributed by atoms with Gasteiger partial charge in [0.15, 0.2) is 0 Å². The third kappa shape index (κ3) is 3.93. The van der Waals surface area contributed by atoms with Crippen LogP contribution < -0.4 is 10.1 Å². The van der Waals surface area contributed by atoms with Gasteiger partial charge in [-0.2, -0.15) is 0 Å². The van der Waals surface area contributed by atoms with E-state index < -0.39 is 0 Å². The molecule has 0 aliphatic carbocycles. The largest absolute Gasteiger partial charge is 0.491 e. The number of amides is 2. The fourth-order valence-corrected chi connectivity index (χ4v) is 3.19. The minimum atomic E-state index is -0.301. The number of imide groups is 1. The lowest BCUT2D eigenvalue weighted by Gasteiger charge is -2.12. The van der Waals surface area contributed by atoms with Gasteiger partial charge in [0.1, 0.15) is 11.4 Å². The normalized spacial score (nSPS) is 14.2. The van der Waals surface area contributed by atoms with Crippen molar-refractivity contribution in [3.63, 3.8) is 0 Å². The average molecular weight is 378 g/mol. The zero-order valence-electron chi connectivity index (χ0n) is 16.8. The van der Waals surface area contributed by atoms with Crippen LogP contribution in [0.1, 0.15) is 38.8 Å². The molecule has 0 bridgehead atoms. The minimum absolute atomic E-state index is 0.0682. The van der Waals surface area contributed by atoms with Gasteiger partial charge in [0.25, 0.3) is 11.8 Å². The van der Waals surface area contributed by atoms with Crippen LogP contribution in [0.4, 0.5) is 5.69 Å². The molecule has 1 N–H and O–H groups in total. The van der Waals surface area contributed by atoms with E-state index in [0.29, 0.717) is 23.4 Å². The summed E-state index contributed by atoms with van der Waals surface area (Å²) in [7, 11) is 0. The first-order valence-corrected chi connectivity index (χ1v) is 9.68. The van der Waals surface area contributed by atoms with E-state index in [9.17, 15) is 9.59 Å². The second kappa shape index (κ2) is 8.30. The lowest BCUT2D eigenvalue weighted by Crippen LogP contribution is -2.32. The molecule has 0 fully saturated rings. The van der Waals surface area contributed by atoms with Gasteiger partial charge in [-0.3, -0.25) is 14.5 Å². The number of anilines is 1. The van der Waals surface area contributed by atoms with Gasteiger partial charge in [-0.15, -0.1) is 0 Å². The van der Waals surface area contributed by atoms with Crippen LogP contribution in [0, 0.1) is 0 Å². The van der Waals surface area contributed by atoms with E-state index in [1.54, 1.807) is 6.92 Å². The molecule has 0 saturated carbocycles. The molecule has 2 aromatic carbocycles. The number of benzene rings is 2. The Balaban J connectivity index is 1.98. The Kier molecular flexibility index (Phi) is 5.83. The predicted molar refractivity (Wildman–Crippen MR) is 111 cm³/mol. The Morgan fingerprint density at radius 2 is 1.57 bits per heavy atom. The first-order valence-electron chi connectivity index (χ1n) is 9.68. The number of likely N-dealkylation sites (N-methyl/N-ethyl adjacent to an activating group) is 1. The summed E-state index contributed by atoms with van der Waals surface area (Å²) in [6.45, 7) is 8.14. The number of carbonyl (C=O) groups is 2. The van der Waals surface area contributed by atoms with Crippen molar-refractivity contribution in [2.45, 2.75) is 40.2 Å². The number of ether oxygens (including phenoxy) is 1. The monoisotopic (exact) mass is 378 g/mol. The van der Waals surface area contributed by atoms with E-state index in [1.807, 2.05) is 62.4 Å². The highest BCUT2D eigenvalue weighted by atomic mass is 16.5. The van der Waals surface area contributed by atoms with Crippen LogP contribution in [0.3, 0.4) is 0 Å². The lowest BCUT2D eigenvalue weighted by atomic mass is 10.0. The highest BCUT2D eigenvalue weighted by Gasteiger charge is 2.38. The highest BCUT2D eigenvalue weighted by Crippen LogP contribution is 2.31. The molecule has 1 aliphatic rings. The fourth-order valence-electron chi connectivity index (χ4n) is 3.19. The Bertz CT molecular complexity index is 896. The van der Waals surface area contributed by atoms with Gasteiger partial charge < -0.3 is 10.1 Å². The quantitative estimate of drug-likeness (QED) is 0.732. The molecular weight excluding hydrogens is 352 g/mol. The summed E-state index contributed by atoms with van der Waals surface area (Å²) in [5.41, 5.74) is 3.39. The lowest BCUT2D eigenvalue weighted by molar-refractivity contribution is -0.136. The maximum atomic E-state index is 12.9. The van der Waals surface area contributed by atoms with Crippen LogP contribution in [0.15, 0.2) is 54.2 Å². The van der Waals surface area contributed by atoms with E-state index in [2.05, 4.69) is 12.2 Å². The topological polar surface area (TPSA) is 58.6 Å². The number of aryl methyl sites for hydroxylation is 1. The standard InChI is InChI=1S/C23H26N2O3/c1-5-16-7-11-18(12-8-16)24-21-20(22(26)25(6-2)23(21)27)17-9-13-19(14-10-17)28-15(3)4/h7-15,24H,5-6H2,1-4H3. The molecular formula is C23H26N2O3. The summed E-state index contributed by atoms with van der Waals surface area (Å²) < 4.78 is 5.67. The molecule has 5 heteroatoms. The number of nitrogens with zero attached hydrogens (tertiary/aromatic N) is 1. The molecule has 0 atom stereocenters. The third-order valence-electron chi connectivity index (χ3n) is 4.63. The Hall–Kier alpha value is -3.08. The predicted octanol–water partition coefficient (Wildman–Crippen LogP) is 4.25. The van der Waals surface area contributed by atoms with Gasteiger partial charge in [-0.05, 0) is 62.6 Å². The van der Waals surface area contributed by atoms with E-state index in [0.717, 1.165) is 17.9 Å². The van der Waals surface area contributed by atoms with Gasteiger partial charge in [-0.25, -0.2) is 0 Å². The van der Waals surface area contributed by atoms with Crippen LogP contribution in [0.5, 0.6) is 5.75 Å². The van der Waals surface area contributed by atoms with Gasteiger partial charge in [0.2, 0.25) is 0 Å². The van der Waals surface area contributed by atoms with Crippen molar-refractivity contribution in [3.8, 4) is 5.75 Å². The fraction of sp³-hybridized carbons (Fsp3) is 0.304. The molecule has 5 nitrogen and oxygen atoms in total. The number of hydrogen-bond donors (Lipinski definition) is 1. The maximum Gasteiger partial charge on any atom is 0.278 e. The number of nitrogens with one attached hydrogen (secondary N) is 1. The first-order chi connectivity index (χ1) is 13.4. The van der Waals surface area contributed by atoms with E-state index in [4.69, 9.17) is 4.74 Å². The minimum Gasteiger partial charge on any atom is -0.491 e. The Labute approximate surface area is 166 Å². The zero-order chi connectivity index (χ0) is 20.3. The van der Waals surface area contributed by atoms with Gasteiger partial charge in [-0.1, -0.05) is 31.2 Å². The zero-order valence-corrected chi connectivity index (χ0v) is 16.8. The van der Waals surface area contributed by atoms with Crippen molar-refractivity contribution in [1.29, 1.82) is 0 Å². The molecule has 0 radical (unpaired) electrons. The molecule has 0 saturated heterocycles. The maximum absolute atomic E-state index is 12.9. The number of rotatable bonds is 7. The van der Waals surface area contributed by atoms with Crippen LogP contribution in [-0.2, 0) is 16.0 Å². The van der Waals surface area contributed by atoms with Crippen LogP contribution in [0.2, 0.25) is 0 Å². The highest BCUT2D eigenvalue weighted by molar-refractivity contribution is 6.36. The molecule has 28 heavy (non-hydrogen) atoms. The molecule has 1 heterocycles. The Morgan fingerprint density at radius 3 is 2.11 bits per heavy atom. The average Bonchev–Trinajstić information content (AvgIpc) is 2.92. The van der Waals surface area contributed by atoms with Gasteiger partial charge in [0, 0.05) is 12.2 Å². The van der Waals surface area contributed by atoms with Crippen molar-refractivity contribution in [1.82, 2.24) is 4.90 Å². The summed E-state index contributed by atoms with van der Waals surface area (Å²) in [6, 6.07) is 15.2. The first kappa shape index (κ1) is 19.7. The molecule has 2 aromatic rings. The second-order valence-corrected chi connectivity index (χ2v) is 6.97. The Morgan fingerprint density at radius 1 is 0.929 bits per heavy atom. The van der Waals surface area contributed by atoms with Crippen molar-refractivity contribution >= 4 is 23.1 Å². The molecule has 1 aliphatic heterocycles. The summed E-state index contributed by atoms with van der Waals surface area (Å²) in [5, 5.41) is 3.17. The molecule has 146 valence electrons. The van der Waals surface area contributed by atoms with Crippen LogP contribution >= 0.6 is 0 Å². The molecule has 0 unspecified atom stereocenters. The van der Waals surface area contributed by atoms with Crippen molar-refractivity contribution in [3.05, 3.63) is 65.4 Å². The summed E-state index contributed by atoms with van der Waals surface area (Å²) >= 11 is 0. The van der Waals surface area contributed by atoms with E-state index >= 15 is 0 Å². The summed E-state index contributed by atoms with van der Waals surface area (Å²) in [4.78, 5) is 27.0. The van der Waals surface area contributed by atoms with E-state index in [1.165, 1.54) is 10.5 Å². The smallest absolute Gasteiger partial charge is 0.278 e. The van der Waals surface area contributed by atoms with Crippen molar-refractivity contribution in [2.24, 2.45) is 0 Å². The van der Waals surface area contributed by atoms with Gasteiger partial charge >= 0.3 is 0 Å². The summed E-state index contributed by atoms with van der Waals surface area (Å²) in [6.07, 6.45) is 1.01. The second-order valence-electron chi connectivity index (χ2n) is 6.97. The van der Waals surface area contributed by atoms with Crippen LogP contribution in [-0.4, -0.2) is 29.4 Å². The summed E-state index contributed by atoms with van der Waals surface area (Å²) in [5.74, 6) is 0.149. The van der Waals surface area contributed by atoms with Crippen molar-refractivity contribution < 1.29 is 14.3 Å². The number of carbonyl (C=O) groups excluding carboxylic acids is 2. The molecule has 3 rings (SSSR count). The van der Waals surface area contributed by atoms with Crippen LogP contribution in [0.25, 0.3) is 5.57 Å². The molecule has 2 amide bonds. The SMILES string of the molecule is CCc1ccc(NC2=C(c3ccc(OC(C)C)cc3)C(=O)N(CC)C2=O)cc1. The number of hydrogen-bond acceptors (Lipinski definition) is 4.